The molecular formula is C9H6BrF3INO3. The Labute approximate surface area is 122 Å². The monoisotopic (exact) mass is 439 g/mol. The van der Waals surface area contributed by atoms with Crippen LogP contribution in [0.5, 0.6) is 5.75 Å². The lowest BCUT2D eigenvalue weighted by atomic mass is 10.2. The van der Waals surface area contributed by atoms with Crippen LogP contribution in [0.25, 0.3) is 0 Å². The van der Waals surface area contributed by atoms with E-state index >= 15 is 0 Å². The Morgan fingerprint density at radius 2 is 2.17 bits per heavy atom. The highest BCUT2D eigenvalue weighted by atomic mass is 127. The summed E-state index contributed by atoms with van der Waals surface area (Å²) in [7, 11) is 1.05. The highest BCUT2D eigenvalue weighted by molar-refractivity contribution is 14.1. The highest BCUT2D eigenvalue weighted by Gasteiger charge is 2.34. The molecule has 0 bridgehead atoms. The molecule has 18 heavy (non-hydrogen) atoms. The minimum atomic E-state index is -4.90. The molecule has 0 aliphatic heterocycles. The molecular weight excluding hydrogens is 434 g/mol. The van der Waals surface area contributed by atoms with Gasteiger partial charge in [-0.2, -0.15) is 0 Å². The number of carbonyl (C=O) groups excluding carboxylic acids is 1. The fourth-order valence-corrected chi connectivity index (χ4v) is 2.59. The molecule has 0 fully saturated rings. The first-order chi connectivity index (χ1) is 8.28. The summed E-state index contributed by atoms with van der Waals surface area (Å²) in [6, 6.07) is 1.10. The number of aromatic nitrogens is 1. The number of alkyl halides is 4. The SMILES string of the molecule is COC(=O)c1nc(I)c(CBr)cc1OC(F)(F)F. The molecule has 0 atom stereocenters. The topological polar surface area (TPSA) is 48.4 Å². The molecule has 0 amide bonds. The summed E-state index contributed by atoms with van der Waals surface area (Å²) in [5.41, 5.74) is -0.0357. The van der Waals surface area contributed by atoms with Gasteiger partial charge in [0.05, 0.1) is 7.11 Å². The molecule has 0 radical (unpaired) electrons. The molecule has 0 saturated carbocycles. The van der Waals surface area contributed by atoms with E-state index in [1.165, 1.54) is 0 Å². The van der Waals surface area contributed by atoms with Gasteiger partial charge in [-0.3, -0.25) is 0 Å². The summed E-state index contributed by atoms with van der Waals surface area (Å²) in [6.45, 7) is 0. The Morgan fingerprint density at radius 1 is 1.56 bits per heavy atom. The number of hydrogen-bond donors (Lipinski definition) is 0. The van der Waals surface area contributed by atoms with Crippen LogP contribution in [0.1, 0.15) is 16.1 Å². The highest BCUT2D eigenvalue weighted by Crippen LogP contribution is 2.29. The molecule has 0 unspecified atom stereocenters. The van der Waals surface area contributed by atoms with Gasteiger partial charge < -0.3 is 9.47 Å². The summed E-state index contributed by atoms with van der Waals surface area (Å²) in [4.78, 5) is 15.1. The Hall–Kier alpha value is -0.580. The number of ether oxygens (including phenoxy) is 2. The molecule has 1 heterocycles. The molecule has 4 nitrogen and oxygen atoms in total. The zero-order valence-electron chi connectivity index (χ0n) is 8.85. The fraction of sp³-hybridized carbons (Fsp3) is 0.333. The summed E-state index contributed by atoms with van der Waals surface area (Å²) in [5.74, 6) is -1.67. The van der Waals surface area contributed by atoms with Crippen molar-refractivity contribution >= 4 is 44.5 Å². The number of hydrogen-bond acceptors (Lipinski definition) is 4. The minimum Gasteiger partial charge on any atom is -0.464 e. The smallest absolute Gasteiger partial charge is 0.464 e. The van der Waals surface area contributed by atoms with Crippen molar-refractivity contribution in [1.29, 1.82) is 0 Å². The average Bonchev–Trinajstić information content (AvgIpc) is 2.28. The van der Waals surface area contributed by atoms with Crippen molar-refractivity contribution < 1.29 is 27.4 Å². The predicted octanol–water partition coefficient (Wildman–Crippen LogP) is 3.27. The molecule has 0 spiro atoms. The van der Waals surface area contributed by atoms with Crippen molar-refractivity contribution in [3.05, 3.63) is 21.0 Å². The molecule has 0 aliphatic carbocycles. The largest absolute Gasteiger partial charge is 0.573 e. The van der Waals surface area contributed by atoms with Crippen molar-refractivity contribution in [2.24, 2.45) is 0 Å². The molecule has 0 aliphatic rings. The van der Waals surface area contributed by atoms with Gasteiger partial charge in [-0.25, -0.2) is 9.78 Å². The van der Waals surface area contributed by atoms with Gasteiger partial charge in [0.15, 0.2) is 11.4 Å². The van der Waals surface area contributed by atoms with E-state index in [9.17, 15) is 18.0 Å². The first kappa shape index (κ1) is 15.5. The van der Waals surface area contributed by atoms with E-state index in [2.05, 4.69) is 30.4 Å². The summed E-state index contributed by atoms with van der Waals surface area (Å²) >= 11 is 4.91. The quantitative estimate of drug-likeness (QED) is 0.314. The third kappa shape index (κ3) is 3.97. The molecule has 1 aromatic rings. The summed E-state index contributed by atoms with van der Waals surface area (Å²) < 4.78 is 45.1. The van der Waals surface area contributed by atoms with Gasteiger partial charge in [0.1, 0.15) is 3.70 Å². The fourth-order valence-electron chi connectivity index (χ4n) is 1.05. The number of esters is 1. The maximum absolute atomic E-state index is 12.2. The zero-order chi connectivity index (χ0) is 13.9. The first-order valence-electron chi connectivity index (χ1n) is 4.38. The number of halogens is 5. The standard InChI is InChI=1S/C9H6BrF3INO3/c1-17-8(16)6-5(18-9(11,12)13)2-4(3-10)7(14)15-6/h2H,3H2,1H3. The van der Waals surface area contributed by atoms with Gasteiger partial charge in [-0.05, 0) is 34.2 Å². The van der Waals surface area contributed by atoms with Crippen LogP contribution in [0.4, 0.5) is 13.2 Å². The summed E-state index contributed by atoms with van der Waals surface area (Å²) in [6.07, 6.45) is -4.90. The van der Waals surface area contributed by atoms with Gasteiger partial charge in [0, 0.05) is 5.33 Å². The molecule has 0 N–H and O–H groups in total. The normalized spacial score (nSPS) is 11.2. The van der Waals surface area contributed by atoms with Gasteiger partial charge in [0.25, 0.3) is 0 Å². The van der Waals surface area contributed by atoms with Gasteiger partial charge in [-0.15, -0.1) is 13.2 Å². The maximum Gasteiger partial charge on any atom is 0.573 e. The van der Waals surface area contributed by atoms with E-state index in [0.717, 1.165) is 13.2 Å². The first-order valence-corrected chi connectivity index (χ1v) is 6.58. The van der Waals surface area contributed by atoms with Gasteiger partial charge in [-0.1, -0.05) is 15.9 Å². The van der Waals surface area contributed by atoms with E-state index < -0.39 is 23.8 Å². The molecule has 0 saturated heterocycles. The van der Waals surface area contributed by atoms with Crippen LogP contribution in [-0.2, 0) is 10.1 Å². The Kier molecular flexibility index (Phi) is 5.20. The van der Waals surface area contributed by atoms with Crippen molar-refractivity contribution in [2.45, 2.75) is 11.7 Å². The number of methoxy groups -OCH3 is 1. The van der Waals surface area contributed by atoms with Crippen LogP contribution in [0.3, 0.4) is 0 Å². The second kappa shape index (κ2) is 6.04. The third-order valence-electron chi connectivity index (χ3n) is 1.76. The van der Waals surface area contributed by atoms with Crippen LogP contribution < -0.4 is 4.74 Å². The van der Waals surface area contributed by atoms with E-state index in [1.807, 2.05) is 0 Å². The van der Waals surface area contributed by atoms with Crippen molar-refractivity contribution in [2.75, 3.05) is 7.11 Å². The van der Waals surface area contributed by atoms with Gasteiger partial charge >= 0.3 is 12.3 Å². The Bertz CT molecular complexity index is 467. The van der Waals surface area contributed by atoms with Crippen LogP contribution in [-0.4, -0.2) is 24.4 Å². The predicted molar refractivity (Wildman–Crippen MR) is 67.6 cm³/mol. The van der Waals surface area contributed by atoms with Crippen LogP contribution >= 0.6 is 38.5 Å². The van der Waals surface area contributed by atoms with E-state index in [1.54, 1.807) is 22.6 Å². The van der Waals surface area contributed by atoms with E-state index in [0.29, 0.717) is 9.26 Å². The summed E-state index contributed by atoms with van der Waals surface area (Å²) in [5, 5.41) is 0.286. The number of rotatable bonds is 3. The van der Waals surface area contributed by atoms with Gasteiger partial charge in [0.2, 0.25) is 0 Å². The molecule has 0 aromatic carbocycles. The van der Waals surface area contributed by atoms with Crippen molar-refractivity contribution in [1.82, 2.24) is 4.98 Å². The second-order valence-electron chi connectivity index (χ2n) is 2.96. The Morgan fingerprint density at radius 3 is 2.61 bits per heavy atom. The second-order valence-corrected chi connectivity index (χ2v) is 4.54. The van der Waals surface area contributed by atoms with E-state index in [-0.39, 0.29) is 5.33 Å². The molecule has 1 rings (SSSR count). The molecule has 9 heteroatoms. The van der Waals surface area contributed by atoms with E-state index in [4.69, 9.17) is 0 Å². The zero-order valence-corrected chi connectivity index (χ0v) is 12.6. The Balaban J connectivity index is 3.30. The van der Waals surface area contributed by atoms with Crippen LogP contribution in [0, 0.1) is 3.70 Å². The molecule has 100 valence electrons. The lowest BCUT2D eigenvalue weighted by Crippen LogP contribution is -2.20. The lowest BCUT2D eigenvalue weighted by molar-refractivity contribution is -0.274. The average molecular weight is 440 g/mol. The number of carbonyl (C=O) groups is 1. The lowest BCUT2D eigenvalue weighted by Gasteiger charge is -2.13. The minimum absolute atomic E-state index is 0.286. The van der Waals surface area contributed by atoms with Crippen LogP contribution in [0.15, 0.2) is 6.07 Å². The maximum atomic E-state index is 12.2. The van der Waals surface area contributed by atoms with Crippen molar-refractivity contribution in [3.8, 4) is 5.75 Å². The number of nitrogens with zero attached hydrogens (tertiary/aromatic N) is 1. The van der Waals surface area contributed by atoms with Crippen molar-refractivity contribution in [3.63, 3.8) is 0 Å². The number of pyridine rings is 1. The van der Waals surface area contributed by atoms with Crippen LogP contribution in [0.2, 0.25) is 0 Å². The molecule has 1 aromatic heterocycles. The third-order valence-corrected chi connectivity index (χ3v) is 3.30.